The molecular weight excluding hydrogens is 258 g/mol. The fraction of sp³-hybridized carbons (Fsp3) is 0.500. The first-order valence-electron chi connectivity index (χ1n) is 6.29. The van der Waals surface area contributed by atoms with Crippen LogP contribution in [0, 0.1) is 16.7 Å². The molecular formula is C14H17N3OS. The summed E-state index contributed by atoms with van der Waals surface area (Å²) in [6.07, 6.45) is 5.34. The highest BCUT2D eigenvalue weighted by atomic mass is 32.2. The van der Waals surface area contributed by atoms with Gasteiger partial charge in [0, 0.05) is 19.3 Å². The summed E-state index contributed by atoms with van der Waals surface area (Å²) in [5.41, 5.74) is 0.215. The smallest absolute Gasteiger partial charge is 0.256 e. The fourth-order valence-corrected chi connectivity index (χ4v) is 2.93. The van der Waals surface area contributed by atoms with Crippen molar-refractivity contribution in [2.24, 2.45) is 5.41 Å². The first kappa shape index (κ1) is 13.9. The third-order valence-corrected chi connectivity index (χ3v) is 4.16. The molecule has 1 aliphatic rings. The van der Waals surface area contributed by atoms with Gasteiger partial charge in [-0.2, -0.15) is 5.26 Å². The zero-order chi connectivity index (χ0) is 13.9. The lowest BCUT2D eigenvalue weighted by atomic mass is 9.83. The molecule has 0 bridgehead atoms. The van der Waals surface area contributed by atoms with Crippen LogP contribution in [-0.4, -0.2) is 35.1 Å². The lowest BCUT2D eigenvalue weighted by Crippen LogP contribution is -2.44. The lowest BCUT2D eigenvalue weighted by molar-refractivity contribution is 0.0625. The summed E-state index contributed by atoms with van der Waals surface area (Å²) >= 11 is 1.47. The van der Waals surface area contributed by atoms with Crippen molar-refractivity contribution in [2.75, 3.05) is 19.3 Å². The van der Waals surface area contributed by atoms with Gasteiger partial charge in [-0.25, -0.2) is 4.98 Å². The average molecular weight is 275 g/mol. The number of rotatable bonds is 2. The highest BCUT2D eigenvalue weighted by molar-refractivity contribution is 7.98. The van der Waals surface area contributed by atoms with E-state index in [9.17, 15) is 10.1 Å². The van der Waals surface area contributed by atoms with Crippen molar-refractivity contribution >= 4 is 17.7 Å². The quantitative estimate of drug-likeness (QED) is 0.778. The van der Waals surface area contributed by atoms with Crippen LogP contribution in [0.1, 0.15) is 30.1 Å². The molecule has 5 heteroatoms. The maximum Gasteiger partial charge on any atom is 0.256 e. The van der Waals surface area contributed by atoms with Crippen LogP contribution >= 0.6 is 11.8 Å². The molecule has 1 unspecified atom stereocenters. The van der Waals surface area contributed by atoms with Crippen LogP contribution in [0.25, 0.3) is 0 Å². The summed E-state index contributed by atoms with van der Waals surface area (Å²) in [5, 5.41) is 9.96. The van der Waals surface area contributed by atoms with Crippen LogP contribution in [0.3, 0.4) is 0 Å². The number of carbonyl (C=O) groups is 1. The van der Waals surface area contributed by atoms with Crippen molar-refractivity contribution in [3.05, 3.63) is 23.9 Å². The van der Waals surface area contributed by atoms with Crippen molar-refractivity contribution in [1.82, 2.24) is 9.88 Å². The molecule has 2 heterocycles. The van der Waals surface area contributed by atoms with Gasteiger partial charge in [0.25, 0.3) is 5.91 Å². The number of nitrogens with zero attached hydrogens (tertiary/aromatic N) is 3. The Morgan fingerprint density at radius 1 is 1.63 bits per heavy atom. The zero-order valence-corrected chi connectivity index (χ0v) is 12.0. The Hall–Kier alpha value is -1.54. The number of piperidine rings is 1. The van der Waals surface area contributed by atoms with Crippen LogP contribution in [0.2, 0.25) is 0 Å². The molecule has 0 saturated carbocycles. The Labute approximate surface area is 117 Å². The van der Waals surface area contributed by atoms with Gasteiger partial charge in [0.1, 0.15) is 5.03 Å². The molecule has 0 N–H and O–H groups in total. The summed E-state index contributed by atoms with van der Waals surface area (Å²) < 4.78 is 0. The number of likely N-dealkylation sites (tertiary alicyclic amines) is 1. The van der Waals surface area contributed by atoms with E-state index in [2.05, 4.69) is 11.1 Å². The standard InChI is InChI=1S/C14H17N3OS/c1-14(9-15)6-4-8-17(10-14)13(18)11-5-3-7-16-12(11)19-2/h3,5,7H,4,6,8,10H2,1-2H3. The van der Waals surface area contributed by atoms with E-state index in [-0.39, 0.29) is 5.91 Å². The van der Waals surface area contributed by atoms with Gasteiger partial charge in [-0.15, -0.1) is 11.8 Å². The third-order valence-electron chi connectivity index (χ3n) is 3.45. The fourth-order valence-electron chi connectivity index (χ4n) is 2.39. The Morgan fingerprint density at radius 2 is 2.42 bits per heavy atom. The number of hydrogen-bond donors (Lipinski definition) is 0. The van der Waals surface area contributed by atoms with E-state index >= 15 is 0 Å². The van der Waals surface area contributed by atoms with Crippen LogP contribution in [0.15, 0.2) is 23.4 Å². The number of thioether (sulfide) groups is 1. The predicted molar refractivity (Wildman–Crippen MR) is 74.9 cm³/mol. The molecule has 1 amide bonds. The van der Waals surface area contributed by atoms with Gasteiger partial charge in [0.2, 0.25) is 0 Å². The second-order valence-electron chi connectivity index (χ2n) is 5.06. The third kappa shape index (κ3) is 2.90. The van der Waals surface area contributed by atoms with E-state index in [0.29, 0.717) is 12.1 Å². The minimum Gasteiger partial charge on any atom is -0.337 e. The highest BCUT2D eigenvalue weighted by Gasteiger charge is 2.34. The normalized spacial score (nSPS) is 22.9. The maximum absolute atomic E-state index is 12.5. The van der Waals surface area contributed by atoms with Gasteiger partial charge in [0.05, 0.1) is 17.0 Å². The van der Waals surface area contributed by atoms with Gasteiger partial charge in [-0.1, -0.05) is 0 Å². The number of hydrogen-bond acceptors (Lipinski definition) is 4. The molecule has 2 rings (SSSR count). The summed E-state index contributed by atoms with van der Waals surface area (Å²) in [4.78, 5) is 18.5. The van der Waals surface area contributed by atoms with Crippen molar-refractivity contribution in [2.45, 2.75) is 24.8 Å². The van der Waals surface area contributed by atoms with Crippen molar-refractivity contribution < 1.29 is 4.79 Å². The number of nitriles is 1. The Balaban J connectivity index is 2.22. The van der Waals surface area contributed by atoms with E-state index < -0.39 is 5.41 Å². The molecule has 0 aromatic carbocycles. The number of pyridine rings is 1. The zero-order valence-electron chi connectivity index (χ0n) is 11.2. The summed E-state index contributed by atoms with van der Waals surface area (Å²) in [6.45, 7) is 3.15. The Kier molecular flexibility index (Phi) is 4.11. The first-order chi connectivity index (χ1) is 9.09. The predicted octanol–water partition coefficient (Wildman–Crippen LogP) is 2.57. The van der Waals surface area contributed by atoms with Gasteiger partial charge < -0.3 is 4.90 Å². The van der Waals surface area contributed by atoms with Crippen LogP contribution < -0.4 is 0 Å². The van der Waals surface area contributed by atoms with Gasteiger partial charge >= 0.3 is 0 Å². The van der Waals surface area contributed by atoms with Gasteiger partial charge in [-0.05, 0) is 38.2 Å². The average Bonchev–Trinajstić information content (AvgIpc) is 2.46. The number of amides is 1. The molecule has 100 valence electrons. The van der Waals surface area contributed by atoms with Crippen molar-refractivity contribution in [3.8, 4) is 6.07 Å². The first-order valence-corrected chi connectivity index (χ1v) is 7.52. The molecule has 0 radical (unpaired) electrons. The molecule has 1 aliphatic heterocycles. The molecule has 0 spiro atoms. The van der Waals surface area contributed by atoms with Crippen LogP contribution in [0.5, 0.6) is 0 Å². The number of carbonyl (C=O) groups excluding carboxylic acids is 1. The lowest BCUT2D eigenvalue weighted by Gasteiger charge is -2.36. The van der Waals surface area contributed by atoms with E-state index in [1.807, 2.05) is 13.2 Å². The molecule has 1 saturated heterocycles. The SMILES string of the molecule is CSc1ncccc1C(=O)N1CCCC(C)(C#N)C1. The minimum absolute atomic E-state index is 0.0152. The van der Waals surface area contributed by atoms with Crippen LogP contribution in [0.4, 0.5) is 0 Å². The molecule has 4 nitrogen and oxygen atoms in total. The topological polar surface area (TPSA) is 57.0 Å². The molecule has 1 fully saturated rings. The molecule has 1 atom stereocenters. The summed E-state index contributed by atoms with van der Waals surface area (Å²) in [6, 6.07) is 5.91. The molecule has 0 aliphatic carbocycles. The van der Waals surface area contributed by atoms with Crippen LogP contribution in [-0.2, 0) is 0 Å². The Morgan fingerprint density at radius 3 is 3.11 bits per heavy atom. The summed E-state index contributed by atoms with van der Waals surface area (Å²) in [5.74, 6) is -0.0152. The Bertz CT molecular complexity index is 526. The van der Waals surface area contributed by atoms with E-state index in [1.165, 1.54) is 11.8 Å². The molecule has 19 heavy (non-hydrogen) atoms. The summed E-state index contributed by atoms with van der Waals surface area (Å²) in [7, 11) is 0. The minimum atomic E-state index is -0.421. The maximum atomic E-state index is 12.5. The number of aromatic nitrogens is 1. The molecule has 1 aromatic heterocycles. The monoisotopic (exact) mass is 275 g/mol. The highest BCUT2D eigenvalue weighted by Crippen LogP contribution is 2.30. The van der Waals surface area contributed by atoms with E-state index in [0.717, 1.165) is 24.4 Å². The second kappa shape index (κ2) is 5.62. The van der Waals surface area contributed by atoms with E-state index in [4.69, 9.17) is 0 Å². The largest absolute Gasteiger partial charge is 0.337 e. The van der Waals surface area contributed by atoms with Gasteiger partial charge in [-0.3, -0.25) is 4.79 Å². The van der Waals surface area contributed by atoms with E-state index in [1.54, 1.807) is 23.2 Å². The molecule has 1 aromatic rings. The van der Waals surface area contributed by atoms with Gasteiger partial charge in [0.15, 0.2) is 0 Å². The van der Waals surface area contributed by atoms with Crippen molar-refractivity contribution in [1.29, 1.82) is 5.26 Å². The van der Waals surface area contributed by atoms with Crippen molar-refractivity contribution in [3.63, 3.8) is 0 Å². The second-order valence-corrected chi connectivity index (χ2v) is 5.86.